The summed E-state index contributed by atoms with van der Waals surface area (Å²) in [5.41, 5.74) is 6.41. The van der Waals surface area contributed by atoms with Crippen molar-refractivity contribution in [1.29, 1.82) is 0 Å². The Labute approximate surface area is 111 Å². The average molecular weight is 255 g/mol. The minimum atomic E-state index is 0.263. The first-order valence-corrected chi connectivity index (χ1v) is 7.33. The molecule has 2 fully saturated rings. The van der Waals surface area contributed by atoms with Crippen molar-refractivity contribution in [3.8, 4) is 0 Å². The van der Waals surface area contributed by atoms with Gasteiger partial charge in [0.1, 0.15) is 0 Å². The topological polar surface area (TPSA) is 41.7 Å². The number of nitrogens with two attached hydrogens (primary N) is 1. The number of nitrogens with zero attached hydrogens (tertiary/aromatic N) is 2. The molecule has 106 valence electrons. The highest BCUT2D eigenvalue weighted by atomic mass is 16.5. The van der Waals surface area contributed by atoms with E-state index < -0.39 is 0 Å². The summed E-state index contributed by atoms with van der Waals surface area (Å²) in [6.45, 7) is 6.47. The van der Waals surface area contributed by atoms with Gasteiger partial charge in [0.15, 0.2) is 0 Å². The van der Waals surface area contributed by atoms with E-state index in [0.717, 1.165) is 13.2 Å². The molecule has 0 spiro atoms. The third kappa shape index (κ3) is 3.05. The van der Waals surface area contributed by atoms with E-state index in [1.807, 2.05) is 7.11 Å². The summed E-state index contributed by atoms with van der Waals surface area (Å²) in [5, 5.41) is 0. The number of methoxy groups -OCH3 is 1. The molecule has 1 unspecified atom stereocenters. The molecule has 2 saturated heterocycles. The van der Waals surface area contributed by atoms with E-state index in [9.17, 15) is 0 Å². The van der Waals surface area contributed by atoms with E-state index >= 15 is 0 Å². The molecule has 2 rings (SSSR count). The first-order chi connectivity index (χ1) is 8.70. The highest BCUT2D eigenvalue weighted by Crippen LogP contribution is 2.31. The predicted molar refractivity (Wildman–Crippen MR) is 74.7 cm³/mol. The largest absolute Gasteiger partial charge is 0.384 e. The lowest BCUT2D eigenvalue weighted by atomic mass is 9.83. The molecule has 4 heteroatoms. The van der Waals surface area contributed by atoms with Crippen LogP contribution in [0.4, 0.5) is 0 Å². The molecule has 0 aromatic heterocycles. The van der Waals surface area contributed by atoms with E-state index in [1.54, 1.807) is 0 Å². The summed E-state index contributed by atoms with van der Waals surface area (Å²) in [7, 11) is 4.03. The summed E-state index contributed by atoms with van der Waals surface area (Å²) < 4.78 is 5.33. The second-order valence-electron chi connectivity index (χ2n) is 6.14. The number of rotatable bonds is 4. The fraction of sp³-hybridized carbons (Fsp3) is 1.00. The van der Waals surface area contributed by atoms with Crippen molar-refractivity contribution in [2.45, 2.75) is 31.2 Å². The molecule has 2 aliphatic rings. The lowest BCUT2D eigenvalue weighted by Gasteiger charge is -2.50. The average Bonchev–Trinajstić information content (AvgIpc) is 2.41. The first kappa shape index (κ1) is 14.3. The van der Waals surface area contributed by atoms with Crippen LogP contribution in [-0.4, -0.2) is 68.8 Å². The number of hydrogen-bond donors (Lipinski definition) is 1. The van der Waals surface area contributed by atoms with Gasteiger partial charge in [-0.25, -0.2) is 0 Å². The van der Waals surface area contributed by atoms with Crippen LogP contribution >= 0.6 is 0 Å². The first-order valence-electron chi connectivity index (χ1n) is 7.33. The van der Waals surface area contributed by atoms with Crippen molar-refractivity contribution in [2.24, 2.45) is 11.7 Å². The van der Waals surface area contributed by atoms with E-state index in [4.69, 9.17) is 10.5 Å². The normalized spacial score (nSPS) is 30.5. The molecular weight excluding hydrogens is 226 g/mol. The van der Waals surface area contributed by atoms with Crippen molar-refractivity contribution in [2.75, 3.05) is 53.5 Å². The SMILES string of the molecule is COCC1CCCN(C2(CN)CCN(C)CC2)C1. The van der Waals surface area contributed by atoms with Crippen molar-refractivity contribution in [3.63, 3.8) is 0 Å². The van der Waals surface area contributed by atoms with Crippen LogP contribution in [0.1, 0.15) is 25.7 Å². The Morgan fingerprint density at radius 3 is 2.61 bits per heavy atom. The smallest absolute Gasteiger partial charge is 0.0502 e. The maximum Gasteiger partial charge on any atom is 0.0502 e. The van der Waals surface area contributed by atoms with Crippen LogP contribution in [0, 0.1) is 5.92 Å². The second kappa shape index (κ2) is 6.33. The fourth-order valence-corrected chi connectivity index (χ4v) is 3.55. The van der Waals surface area contributed by atoms with Gasteiger partial charge < -0.3 is 15.4 Å². The minimum absolute atomic E-state index is 0.263. The molecule has 0 amide bonds. The van der Waals surface area contributed by atoms with Crippen molar-refractivity contribution in [1.82, 2.24) is 9.80 Å². The molecule has 2 N–H and O–H groups in total. The summed E-state index contributed by atoms with van der Waals surface area (Å²) in [6.07, 6.45) is 5.05. The van der Waals surface area contributed by atoms with E-state index in [1.165, 1.54) is 51.9 Å². The Bertz CT molecular complexity index is 249. The molecule has 0 aromatic rings. The van der Waals surface area contributed by atoms with Gasteiger partial charge in [-0.15, -0.1) is 0 Å². The van der Waals surface area contributed by atoms with Crippen molar-refractivity contribution >= 4 is 0 Å². The van der Waals surface area contributed by atoms with Crippen LogP contribution < -0.4 is 5.73 Å². The van der Waals surface area contributed by atoms with Crippen LogP contribution in [0.3, 0.4) is 0 Å². The molecule has 2 aliphatic heterocycles. The summed E-state index contributed by atoms with van der Waals surface area (Å²) in [6, 6.07) is 0. The Balaban J connectivity index is 1.98. The van der Waals surface area contributed by atoms with Gasteiger partial charge >= 0.3 is 0 Å². The molecule has 18 heavy (non-hydrogen) atoms. The van der Waals surface area contributed by atoms with Gasteiger partial charge in [0, 0.05) is 25.7 Å². The predicted octanol–water partition coefficient (Wildman–Crippen LogP) is 0.768. The van der Waals surface area contributed by atoms with Gasteiger partial charge in [-0.2, -0.15) is 0 Å². The van der Waals surface area contributed by atoms with Crippen LogP contribution in [0.25, 0.3) is 0 Å². The standard InChI is InChI=1S/C14H29N3O/c1-16-8-5-14(12-15,6-9-16)17-7-3-4-13(10-17)11-18-2/h13H,3-12,15H2,1-2H3. The van der Waals surface area contributed by atoms with E-state index in [2.05, 4.69) is 16.8 Å². The Hall–Kier alpha value is -0.160. The second-order valence-corrected chi connectivity index (χ2v) is 6.14. The summed E-state index contributed by atoms with van der Waals surface area (Å²) in [5.74, 6) is 0.701. The minimum Gasteiger partial charge on any atom is -0.384 e. The van der Waals surface area contributed by atoms with E-state index in [0.29, 0.717) is 5.92 Å². The van der Waals surface area contributed by atoms with Gasteiger partial charge in [-0.05, 0) is 58.3 Å². The Morgan fingerprint density at radius 2 is 2.00 bits per heavy atom. The Morgan fingerprint density at radius 1 is 1.28 bits per heavy atom. The quantitative estimate of drug-likeness (QED) is 0.805. The van der Waals surface area contributed by atoms with Crippen LogP contribution in [0.5, 0.6) is 0 Å². The number of piperidine rings is 2. The molecule has 0 aromatic carbocycles. The lowest BCUT2D eigenvalue weighted by molar-refractivity contribution is -0.00977. The van der Waals surface area contributed by atoms with Crippen molar-refractivity contribution in [3.05, 3.63) is 0 Å². The molecule has 0 saturated carbocycles. The third-order valence-electron chi connectivity index (χ3n) is 4.89. The molecular formula is C14H29N3O. The molecule has 1 atom stereocenters. The maximum atomic E-state index is 6.14. The number of likely N-dealkylation sites (tertiary alicyclic amines) is 2. The highest BCUT2D eigenvalue weighted by molar-refractivity contribution is 4.97. The van der Waals surface area contributed by atoms with Crippen LogP contribution in [0.15, 0.2) is 0 Å². The van der Waals surface area contributed by atoms with Gasteiger partial charge in [-0.1, -0.05) is 0 Å². The molecule has 2 heterocycles. The van der Waals surface area contributed by atoms with Gasteiger partial charge in [0.2, 0.25) is 0 Å². The van der Waals surface area contributed by atoms with Crippen molar-refractivity contribution < 1.29 is 4.74 Å². The number of ether oxygens (including phenoxy) is 1. The zero-order valence-corrected chi connectivity index (χ0v) is 12.0. The highest BCUT2D eigenvalue weighted by Gasteiger charge is 2.39. The molecule has 0 aliphatic carbocycles. The maximum absolute atomic E-state index is 6.14. The van der Waals surface area contributed by atoms with Crippen LogP contribution in [-0.2, 0) is 4.74 Å². The zero-order chi connectivity index (χ0) is 13.0. The lowest BCUT2D eigenvalue weighted by Crippen LogP contribution is -2.61. The molecule has 0 radical (unpaired) electrons. The summed E-state index contributed by atoms with van der Waals surface area (Å²) in [4.78, 5) is 5.09. The monoisotopic (exact) mass is 255 g/mol. The number of hydrogen-bond acceptors (Lipinski definition) is 4. The van der Waals surface area contributed by atoms with Gasteiger partial charge in [0.05, 0.1) is 6.61 Å². The zero-order valence-electron chi connectivity index (χ0n) is 12.0. The summed E-state index contributed by atoms with van der Waals surface area (Å²) >= 11 is 0. The van der Waals surface area contributed by atoms with Gasteiger partial charge in [0.25, 0.3) is 0 Å². The van der Waals surface area contributed by atoms with Crippen LogP contribution in [0.2, 0.25) is 0 Å². The molecule has 4 nitrogen and oxygen atoms in total. The fourth-order valence-electron chi connectivity index (χ4n) is 3.55. The molecule has 0 bridgehead atoms. The third-order valence-corrected chi connectivity index (χ3v) is 4.89. The van der Waals surface area contributed by atoms with Gasteiger partial charge in [-0.3, -0.25) is 4.90 Å². The Kier molecular flexibility index (Phi) is 5.01. The van der Waals surface area contributed by atoms with E-state index in [-0.39, 0.29) is 5.54 Å².